The SMILES string of the molecule is CSCNc1ncncc1C#N. The van der Waals surface area contributed by atoms with Crippen LogP contribution in [0.1, 0.15) is 5.56 Å². The summed E-state index contributed by atoms with van der Waals surface area (Å²) < 4.78 is 0. The van der Waals surface area contributed by atoms with Crippen molar-refractivity contribution >= 4 is 17.6 Å². The van der Waals surface area contributed by atoms with Crippen molar-refractivity contribution in [3.63, 3.8) is 0 Å². The summed E-state index contributed by atoms with van der Waals surface area (Å²) in [5.74, 6) is 1.34. The minimum absolute atomic E-state index is 0.478. The van der Waals surface area contributed by atoms with Gasteiger partial charge in [0.15, 0.2) is 0 Å². The number of thioether (sulfide) groups is 1. The van der Waals surface area contributed by atoms with Crippen LogP contribution in [-0.4, -0.2) is 22.1 Å². The summed E-state index contributed by atoms with van der Waals surface area (Å²) in [6.07, 6.45) is 4.89. The van der Waals surface area contributed by atoms with Crippen LogP contribution in [-0.2, 0) is 0 Å². The van der Waals surface area contributed by atoms with E-state index < -0.39 is 0 Å². The van der Waals surface area contributed by atoms with E-state index in [0.717, 1.165) is 5.88 Å². The Morgan fingerprint density at radius 1 is 1.75 bits per heavy atom. The standard InChI is InChI=1S/C7H8N4S/c1-12-5-11-7-6(2-8)3-9-4-10-7/h3-4H,5H2,1H3,(H,9,10,11). The van der Waals surface area contributed by atoms with E-state index in [1.807, 2.05) is 12.3 Å². The van der Waals surface area contributed by atoms with Crippen LogP contribution < -0.4 is 5.32 Å². The second kappa shape index (κ2) is 4.57. The number of anilines is 1. The van der Waals surface area contributed by atoms with Crippen LogP contribution >= 0.6 is 11.8 Å². The van der Waals surface area contributed by atoms with Crippen molar-refractivity contribution in [1.29, 1.82) is 5.26 Å². The molecule has 62 valence electrons. The Morgan fingerprint density at radius 2 is 2.58 bits per heavy atom. The van der Waals surface area contributed by atoms with Crippen LogP contribution in [0.5, 0.6) is 0 Å². The lowest BCUT2D eigenvalue weighted by atomic mass is 10.3. The number of nitrogens with zero attached hydrogens (tertiary/aromatic N) is 3. The van der Waals surface area contributed by atoms with Crippen molar-refractivity contribution in [3.05, 3.63) is 18.1 Å². The topological polar surface area (TPSA) is 61.6 Å². The maximum absolute atomic E-state index is 8.64. The molecule has 0 bridgehead atoms. The summed E-state index contributed by atoms with van der Waals surface area (Å²) in [4.78, 5) is 7.67. The second-order valence-corrected chi connectivity index (χ2v) is 2.87. The predicted octanol–water partition coefficient (Wildman–Crippen LogP) is 1.08. The number of rotatable bonds is 3. The molecule has 0 fully saturated rings. The maximum atomic E-state index is 8.64. The van der Waals surface area contributed by atoms with Crippen molar-refractivity contribution in [2.24, 2.45) is 0 Å². The summed E-state index contributed by atoms with van der Waals surface area (Å²) >= 11 is 1.63. The van der Waals surface area contributed by atoms with E-state index in [9.17, 15) is 0 Å². The van der Waals surface area contributed by atoms with Gasteiger partial charge < -0.3 is 5.32 Å². The van der Waals surface area contributed by atoms with Crippen molar-refractivity contribution in [3.8, 4) is 6.07 Å². The molecular formula is C7H8N4S. The fourth-order valence-corrected chi connectivity index (χ4v) is 0.974. The van der Waals surface area contributed by atoms with E-state index in [-0.39, 0.29) is 0 Å². The summed E-state index contributed by atoms with van der Waals surface area (Å²) in [5.41, 5.74) is 0.478. The maximum Gasteiger partial charge on any atom is 0.148 e. The average Bonchev–Trinajstić information content (AvgIpc) is 2.15. The smallest absolute Gasteiger partial charge is 0.148 e. The van der Waals surface area contributed by atoms with Crippen LogP contribution in [0.4, 0.5) is 5.82 Å². The predicted molar refractivity (Wildman–Crippen MR) is 48.8 cm³/mol. The molecule has 0 saturated carbocycles. The summed E-state index contributed by atoms with van der Waals surface area (Å²) in [5, 5.41) is 11.6. The quantitative estimate of drug-likeness (QED) is 0.705. The zero-order chi connectivity index (χ0) is 8.81. The van der Waals surface area contributed by atoms with Crippen molar-refractivity contribution in [2.75, 3.05) is 17.4 Å². The number of nitriles is 1. The van der Waals surface area contributed by atoms with Gasteiger partial charge in [-0.2, -0.15) is 5.26 Å². The van der Waals surface area contributed by atoms with Crippen molar-refractivity contribution in [1.82, 2.24) is 9.97 Å². The lowest BCUT2D eigenvalue weighted by molar-refractivity contribution is 1.14. The monoisotopic (exact) mass is 180 g/mol. The van der Waals surface area contributed by atoms with Gasteiger partial charge in [0.25, 0.3) is 0 Å². The second-order valence-electron chi connectivity index (χ2n) is 2.01. The highest BCUT2D eigenvalue weighted by Crippen LogP contribution is 2.08. The first-order chi connectivity index (χ1) is 5.88. The average molecular weight is 180 g/mol. The van der Waals surface area contributed by atoms with Gasteiger partial charge in [0, 0.05) is 0 Å². The van der Waals surface area contributed by atoms with Gasteiger partial charge in [-0.05, 0) is 6.26 Å². The molecule has 0 unspecified atom stereocenters. The number of hydrogen-bond acceptors (Lipinski definition) is 5. The Hall–Kier alpha value is -1.28. The lowest BCUT2D eigenvalue weighted by Crippen LogP contribution is -2.01. The Kier molecular flexibility index (Phi) is 3.35. The van der Waals surface area contributed by atoms with E-state index in [4.69, 9.17) is 5.26 Å². The lowest BCUT2D eigenvalue weighted by Gasteiger charge is -2.02. The zero-order valence-corrected chi connectivity index (χ0v) is 7.43. The highest BCUT2D eigenvalue weighted by Gasteiger charge is 1.99. The van der Waals surface area contributed by atoms with E-state index in [2.05, 4.69) is 15.3 Å². The molecule has 12 heavy (non-hydrogen) atoms. The molecule has 1 heterocycles. The van der Waals surface area contributed by atoms with E-state index in [1.165, 1.54) is 12.5 Å². The van der Waals surface area contributed by atoms with Crippen molar-refractivity contribution < 1.29 is 0 Å². The third-order valence-electron chi connectivity index (χ3n) is 1.22. The molecule has 0 radical (unpaired) electrons. The van der Waals surface area contributed by atoms with Gasteiger partial charge in [-0.3, -0.25) is 0 Å². The molecule has 4 nitrogen and oxygen atoms in total. The van der Waals surface area contributed by atoms with Crippen LogP contribution in [0, 0.1) is 11.3 Å². The molecule has 0 aliphatic carbocycles. The first-order valence-corrected chi connectivity index (χ1v) is 4.70. The van der Waals surface area contributed by atoms with Gasteiger partial charge in [-0.15, -0.1) is 11.8 Å². The summed E-state index contributed by atoms with van der Waals surface area (Å²) in [7, 11) is 0. The zero-order valence-electron chi connectivity index (χ0n) is 6.61. The number of aromatic nitrogens is 2. The highest BCUT2D eigenvalue weighted by molar-refractivity contribution is 7.98. The van der Waals surface area contributed by atoms with E-state index >= 15 is 0 Å². The van der Waals surface area contributed by atoms with Gasteiger partial charge in [0.05, 0.1) is 12.1 Å². The van der Waals surface area contributed by atoms with E-state index in [0.29, 0.717) is 11.4 Å². The van der Waals surface area contributed by atoms with Gasteiger partial charge >= 0.3 is 0 Å². The number of hydrogen-bond donors (Lipinski definition) is 1. The van der Waals surface area contributed by atoms with Crippen LogP contribution in [0.3, 0.4) is 0 Å². The molecular weight excluding hydrogens is 172 g/mol. The van der Waals surface area contributed by atoms with Gasteiger partial charge in [0.1, 0.15) is 23.8 Å². The fourth-order valence-electron chi connectivity index (χ4n) is 0.693. The fraction of sp³-hybridized carbons (Fsp3) is 0.286. The third kappa shape index (κ3) is 2.10. The van der Waals surface area contributed by atoms with E-state index in [1.54, 1.807) is 11.8 Å². The first-order valence-electron chi connectivity index (χ1n) is 3.31. The molecule has 0 aliphatic heterocycles. The van der Waals surface area contributed by atoms with Crippen LogP contribution in [0.15, 0.2) is 12.5 Å². The largest absolute Gasteiger partial charge is 0.360 e. The molecule has 1 N–H and O–H groups in total. The third-order valence-corrected chi connectivity index (χ3v) is 1.65. The normalized spacial score (nSPS) is 9.00. The van der Waals surface area contributed by atoms with Gasteiger partial charge in [-0.25, -0.2) is 9.97 Å². The van der Waals surface area contributed by atoms with Gasteiger partial charge in [0.2, 0.25) is 0 Å². The molecule has 0 aliphatic rings. The van der Waals surface area contributed by atoms with Crippen LogP contribution in [0.25, 0.3) is 0 Å². The van der Waals surface area contributed by atoms with Crippen LogP contribution in [0.2, 0.25) is 0 Å². The van der Waals surface area contributed by atoms with Crippen molar-refractivity contribution in [2.45, 2.75) is 0 Å². The van der Waals surface area contributed by atoms with Gasteiger partial charge in [-0.1, -0.05) is 0 Å². The highest BCUT2D eigenvalue weighted by atomic mass is 32.2. The molecule has 0 atom stereocenters. The molecule has 0 amide bonds. The summed E-state index contributed by atoms with van der Waals surface area (Å²) in [6, 6.07) is 2.01. The Labute approximate surface area is 75.0 Å². The Balaban J connectivity index is 2.77. The Morgan fingerprint density at radius 3 is 3.25 bits per heavy atom. The summed E-state index contributed by atoms with van der Waals surface area (Å²) in [6.45, 7) is 0. The molecule has 0 aromatic carbocycles. The molecule has 1 aromatic rings. The first kappa shape index (κ1) is 8.81. The minimum atomic E-state index is 0.478. The molecule has 1 aromatic heterocycles. The molecule has 0 saturated heterocycles. The Bertz CT molecular complexity index is 294. The molecule has 1 rings (SSSR count). The minimum Gasteiger partial charge on any atom is -0.360 e. The number of nitrogens with one attached hydrogen (secondary N) is 1. The molecule has 0 spiro atoms. The molecule has 5 heteroatoms.